The lowest BCUT2D eigenvalue weighted by Crippen LogP contribution is -2.58. The fourth-order valence-corrected chi connectivity index (χ4v) is 6.12. The first kappa shape index (κ1) is 22.0. The van der Waals surface area contributed by atoms with Crippen LogP contribution >= 0.6 is 23.2 Å². The van der Waals surface area contributed by atoms with Crippen molar-refractivity contribution in [3.05, 3.63) is 99.0 Å². The molecule has 0 saturated carbocycles. The van der Waals surface area contributed by atoms with Crippen molar-refractivity contribution in [3.63, 3.8) is 0 Å². The number of nitrogens with one attached hydrogen (secondary N) is 1. The van der Waals surface area contributed by atoms with Crippen LogP contribution in [-0.2, 0) is 15.0 Å². The maximum Gasteiger partial charge on any atom is 0.238 e. The summed E-state index contributed by atoms with van der Waals surface area (Å²) < 4.78 is 0. The molecule has 0 aliphatic carbocycles. The SMILES string of the molecule is CCN1C(=O)CC(c2cccc(Cl)c2)C2(C(=O)Nc3cc(Cl)ccc32)C1c1ccccc1C. The second kappa shape index (κ2) is 8.19. The van der Waals surface area contributed by atoms with E-state index in [4.69, 9.17) is 23.2 Å². The van der Waals surface area contributed by atoms with Crippen molar-refractivity contribution in [3.8, 4) is 0 Å². The van der Waals surface area contributed by atoms with Crippen LogP contribution in [0.1, 0.15) is 47.6 Å². The summed E-state index contributed by atoms with van der Waals surface area (Å²) in [6.45, 7) is 4.49. The number of benzene rings is 3. The average molecular weight is 479 g/mol. The van der Waals surface area contributed by atoms with Gasteiger partial charge in [-0.25, -0.2) is 0 Å². The van der Waals surface area contributed by atoms with Crippen LogP contribution in [0, 0.1) is 6.92 Å². The van der Waals surface area contributed by atoms with Crippen LogP contribution in [0.3, 0.4) is 0 Å². The van der Waals surface area contributed by atoms with Crippen molar-refractivity contribution < 1.29 is 9.59 Å². The van der Waals surface area contributed by atoms with Crippen LogP contribution in [0.4, 0.5) is 5.69 Å². The highest BCUT2D eigenvalue weighted by molar-refractivity contribution is 6.31. The Morgan fingerprint density at radius 1 is 1.00 bits per heavy atom. The van der Waals surface area contributed by atoms with Crippen LogP contribution in [-0.4, -0.2) is 23.3 Å². The summed E-state index contributed by atoms with van der Waals surface area (Å²) in [5, 5.41) is 4.23. The molecule has 1 spiro atoms. The fraction of sp³-hybridized carbons (Fsp3) is 0.259. The molecule has 2 amide bonds. The molecule has 3 aromatic carbocycles. The molecule has 1 fully saturated rings. The van der Waals surface area contributed by atoms with Gasteiger partial charge in [-0.05, 0) is 60.4 Å². The minimum absolute atomic E-state index is 0.0246. The molecule has 3 aromatic rings. The molecule has 2 aliphatic rings. The standard InChI is InChI=1S/C27H24Cl2N2O2/c1-3-31-24(32)15-22(17-8-6-9-18(28)13-17)27(25(31)20-10-5-4-7-16(20)2)21-12-11-19(29)14-23(21)30-26(27)33/h4-14,22,25H,3,15H2,1-2H3,(H,30,33). The van der Waals surface area contributed by atoms with E-state index in [-0.39, 0.29) is 18.2 Å². The highest BCUT2D eigenvalue weighted by atomic mass is 35.5. The first-order chi connectivity index (χ1) is 15.9. The number of anilines is 1. The topological polar surface area (TPSA) is 49.4 Å². The number of nitrogens with zero attached hydrogens (tertiary/aromatic N) is 1. The predicted octanol–water partition coefficient (Wildman–Crippen LogP) is 6.27. The number of hydrogen-bond acceptors (Lipinski definition) is 2. The molecular formula is C27H24Cl2N2O2. The maximum absolute atomic E-state index is 14.1. The van der Waals surface area contributed by atoms with Gasteiger partial charge in [0.05, 0.1) is 6.04 Å². The molecule has 1 N–H and O–H groups in total. The Labute approximate surface area is 203 Å². The third-order valence-electron chi connectivity index (χ3n) is 7.12. The molecular weight excluding hydrogens is 455 g/mol. The van der Waals surface area contributed by atoms with Crippen LogP contribution in [0.15, 0.2) is 66.7 Å². The molecule has 168 valence electrons. The number of halogens is 2. The lowest BCUT2D eigenvalue weighted by Gasteiger charge is -2.51. The summed E-state index contributed by atoms with van der Waals surface area (Å²) in [5.74, 6) is -0.487. The van der Waals surface area contributed by atoms with Gasteiger partial charge in [0.1, 0.15) is 5.41 Å². The van der Waals surface area contributed by atoms with Crippen LogP contribution < -0.4 is 5.32 Å². The van der Waals surface area contributed by atoms with E-state index in [1.54, 1.807) is 6.07 Å². The van der Waals surface area contributed by atoms with Gasteiger partial charge in [0.2, 0.25) is 11.8 Å². The van der Waals surface area contributed by atoms with E-state index in [1.165, 1.54) is 0 Å². The van der Waals surface area contributed by atoms with E-state index < -0.39 is 17.4 Å². The molecule has 33 heavy (non-hydrogen) atoms. The summed E-state index contributed by atoms with van der Waals surface area (Å²) >= 11 is 12.7. The molecule has 0 aromatic heterocycles. The number of amides is 2. The van der Waals surface area contributed by atoms with Crippen molar-refractivity contribution in [1.29, 1.82) is 0 Å². The molecule has 0 radical (unpaired) electrons. The Kier molecular flexibility index (Phi) is 5.46. The van der Waals surface area contributed by atoms with Gasteiger partial charge in [0.25, 0.3) is 0 Å². The smallest absolute Gasteiger partial charge is 0.238 e. The largest absolute Gasteiger partial charge is 0.334 e. The van der Waals surface area contributed by atoms with Crippen molar-refractivity contribution in [2.24, 2.45) is 0 Å². The third-order valence-corrected chi connectivity index (χ3v) is 7.59. The number of rotatable bonds is 3. The monoisotopic (exact) mass is 478 g/mol. The van der Waals surface area contributed by atoms with E-state index in [2.05, 4.69) is 5.32 Å². The number of aryl methyl sites for hydroxylation is 1. The van der Waals surface area contributed by atoms with Gasteiger partial charge in [-0.15, -0.1) is 0 Å². The molecule has 1 saturated heterocycles. The van der Waals surface area contributed by atoms with E-state index in [0.717, 1.165) is 22.3 Å². The second-order valence-corrected chi connectivity index (χ2v) is 9.64. The zero-order chi connectivity index (χ0) is 23.3. The van der Waals surface area contributed by atoms with E-state index in [1.807, 2.05) is 79.4 Å². The number of piperidine rings is 1. The number of hydrogen-bond donors (Lipinski definition) is 1. The summed E-state index contributed by atoms with van der Waals surface area (Å²) in [6.07, 6.45) is 0.214. The Morgan fingerprint density at radius 2 is 1.76 bits per heavy atom. The first-order valence-corrected chi connectivity index (χ1v) is 11.9. The summed E-state index contributed by atoms with van der Waals surface area (Å²) in [7, 11) is 0. The highest BCUT2D eigenvalue weighted by Crippen LogP contribution is 2.60. The molecule has 0 bridgehead atoms. The maximum atomic E-state index is 14.1. The quantitative estimate of drug-likeness (QED) is 0.482. The zero-order valence-electron chi connectivity index (χ0n) is 18.4. The summed E-state index contributed by atoms with van der Waals surface area (Å²) in [6, 6.07) is 20.6. The normalized spacial score (nSPS) is 24.2. The van der Waals surface area contributed by atoms with Gasteiger partial charge in [-0.2, -0.15) is 0 Å². The van der Waals surface area contributed by atoms with Crippen LogP contribution in [0.5, 0.6) is 0 Å². The van der Waals surface area contributed by atoms with Crippen LogP contribution in [0.2, 0.25) is 10.0 Å². The van der Waals surface area contributed by atoms with Gasteiger partial charge in [-0.3, -0.25) is 9.59 Å². The van der Waals surface area contributed by atoms with Crippen molar-refractivity contribution in [2.75, 3.05) is 11.9 Å². The zero-order valence-corrected chi connectivity index (χ0v) is 20.0. The van der Waals surface area contributed by atoms with Crippen molar-refractivity contribution >= 4 is 40.7 Å². The Hall–Kier alpha value is -2.82. The Morgan fingerprint density at radius 3 is 2.48 bits per heavy atom. The Balaban J connectivity index is 1.87. The predicted molar refractivity (Wildman–Crippen MR) is 132 cm³/mol. The lowest BCUT2D eigenvalue weighted by atomic mass is 9.58. The van der Waals surface area contributed by atoms with Crippen molar-refractivity contribution in [1.82, 2.24) is 4.90 Å². The second-order valence-electron chi connectivity index (χ2n) is 8.76. The first-order valence-electron chi connectivity index (χ1n) is 11.1. The van der Waals surface area contributed by atoms with Gasteiger partial charge in [0.15, 0.2) is 0 Å². The summed E-state index contributed by atoms with van der Waals surface area (Å²) in [5.41, 5.74) is 3.42. The number of carbonyl (C=O) groups is 2. The minimum atomic E-state index is -1.03. The van der Waals surface area contributed by atoms with Gasteiger partial charge >= 0.3 is 0 Å². The van der Waals surface area contributed by atoms with E-state index in [0.29, 0.717) is 22.3 Å². The van der Waals surface area contributed by atoms with Crippen molar-refractivity contribution in [2.45, 2.75) is 37.6 Å². The summed E-state index contributed by atoms with van der Waals surface area (Å²) in [4.78, 5) is 29.5. The van der Waals surface area contributed by atoms with Gasteiger partial charge in [0, 0.05) is 34.6 Å². The van der Waals surface area contributed by atoms with E-state index >= 15 is 0 Å². The number of likely N-dealkylation sites (tertiary alicyclic amines) is 1. The molecule has 3 atom stereocenters. The highest BCUT2D eigenvalue weighted by Gasteiger charge is 2.63. The molecule has 3 unspecified atom stereocenters. The fourth-order valence-electron chi connectivity index (χ4n) is 5.75. The molecule has 6 heteroatoms. The molecule has 2 aliphatic heterocycles. The minimum Gasteiger partial charge on any atom is -0.334 e. The average Bonchev–Trinajstić information content (AvgIpc) is 3.06. The van der Waals surface area contributed by atoms with Gasteiger partial charge in [-0.1, -0.05) is 65.7 Å². The Bertz CT molecular complexity index is 1270. The van der Waals surface area contributed by atoms with Gasteiger partial charge < -0.3 is 10.2 Å². The molecule has 2 heterocycles. The molecule has 4 nitrogen and oxygen atoms in total. The molecule has 5 rings (SSSR count). The number of carbonyl (C=O) groups excluding carboxylic acids is 2. The third kappa shape index (κ3) is 3.27. The van der Waals surface area contributed by atoms with Crippen LogP contribution in [0.25, 0.3) is 0 Å². The number of likely N-dealkylation sites (N-methyl/N-ethyl adjacent to an activating group) is 1. The number of fused-ring (bicyclic) bond motifs is 2. The lowest BCUT2D eigenvalue weighted by molar-refractivity contribution is -0.145. The van der Waals surface area contributed by atoms with E-state index in [9.17, 15) is 9.59 Å².